The molecule has 0 amide bonds. The van der Waals surface area contributed by atoms with Gasteiger partial charge in [-0.15, -0.1) is 12.2 Å². The van der Waals surface area contributed by atoms with E-state index in [1.165, 1.54) is 24.3 Å². The third-order valence-corrected chi connectivity index (χ3v) is 11.4. The second-order valence-corrected chi connectivity index (χ2v) is 16.1. The minimum atomic E-state index is -0.935. The number of hydrogen-bond donors (Lipinski definition) is 0. The molecular weight excluding hydrogens is 803 g/mol. The molecule has 2 aliphatic carbocycles. The zero-order chi connectivity index (χ0) is 41.3. The maximum Gasteiger partial charge on any atom is 2.00 e. The fraction of sp³-hybridized carbons (Fsp3) is 0.280. The predicted molar refractivity (Wildman–Crippen MR) is 228 cm³/mol. The van der Waals surface area contributed by atoms with Gasteiger partial charge < -0.3 is 19.7 Å². The van der Waals surface area contributed by atoms with Crippen molar-refractivity contribution in [2.45, 2.75) is 87.6 Å². The van der Waals surface area contributed by atoms with Gasteiger partial charge in [0.1, 0.15) is 23.8 Å². The van der Waals surface area contributed by atoms with E-state index in [2.05, 4.69) is 0 Å². The van der Waals surface area contributed by atoms with Gasteiger partial charge in [-0.1, -0.05) is 72.8 Å². The molecule has 304 valence electrons. The summed E-state index contributed by atoms with van der Waals surface area (Å²) in [4.78, 5) is 33.2. The monoisotopic (exact) mass is 844 g/mol. The number of carbonyl (C=O) groups is 2. The van der Waals surface area contributed by atoms with Crippen LogP contribution < -0.4 is 10.2 Å². The third-order valence-electron chi connectivity index (χ3n) is 11.4. The molecule has 0 N–H and O–H groups in total. The first-order valence-corrected chi connectivity index (χ1v) is 20.6. The number of carbonyl (C=O) groups excluding carboxylic acids is 2. The smallest absolute Gasteiger partial charge is 0.851 e. The van der Waals surface area contributed by atoms with E-state index in [1.54, 1.807) is 36.4 Å². The Labute approximate surface area is 382 Å². The Morgan fingerprint density at radius 1 is 0.557 bits per heavy atom. The first kappa shape index (κ1) is 42.8. The topological polar surface area (TPSA) is 124 Å². The number of fused-ring (bicyclic) bond motifs is 2. The molecule has 2 saturated heterocycles. The van der Waals surface area contributed by atoms with Crippen molar-refractivity contribution in [3.8, 4) is 22.3 Å². The number of hydrogen-bond acceptors (Lipinski definition) is 8. The molecule has 2 aliphatic heterocycles. The van der Waals surface area contributed by atoms with Crippen LogP contribution in [0.25, 0.3) is 56.2 Å². The van der Waals surface area contributed by atoms with Gasteiger partial charge in [0.15, 0.2) is 0 Å². The van der Waals surface area contributed by atoms with Crippen LogP contribution in [0.5, 0.6) is 0 Å². The van der Waals surface area contributed by atoms with Gasteiger partial charge in [-0.05, 0) is 98.2 Å². The number of cyclic esters (lactones) is 2. The second-order valence-electron chi connectivity index (χ2n) is 16.1. The Bertz CT molecular complexity index is 2460. The van der Waals surface area contributed by atoms with Crippen LogP contribution in [-0.2, 0) is 19.1 Å². The van der Waals surface area contributed by atoms with Crippen LogP contribution in [0.4, 0.5) is 8.78 Å². The van der Waals surface area contributed by atoms with E-state index in [0.29, 0.717) is 11.8 Å². The molecule has 0 spiro atoms. The Kier molecular flexibility index (Phi) is 13.1. The molecule has 10 rings (SSSR count). The van der Waals surface area contributed by atoms with E-state index in [9.17, 15) is 28.6 Å². The summed E-state index contributed by atoms with van der Waals surface area (Å²) in [7, 11) is 0. The number of halogens is 2. The van der Waals surface area contributed by atoms with Crippen LogP contribution in [0.2, 0.25) is 0 Å². The molecule has 4 heterocycles. The maximum atomic E-state index is 13.6. The summed E-state index contributed by atoms with van der Waals surface area (Å²) in [5.41, 5.74) is 9.49. The zero-order valence-electron chi connectivity index (χ0n) is 33.5. The maximum absolute atomic E-state index is 13.6. The fourth-order valence-corrected chi connectivity index (χ4v) is 8.25. The number of aromatic nitrogens is 2. The number of pyridine rings is 2. The summed E-state index contributed by atoms with van der Waals surface area (Å²) in [5, 5.41) is 25.7. The molecule has 61 heavy (non-hydrogen) atoms. The van der Waals surface area contributed by atoms with Gasteiger partial charge in [0.25, 0.3) is 0 Å². The summed E-state index contributed by atoms with van der Waals surface area (Å²) >= 11 is 0. The van der Waals surface area contributed by atoms with Gasteiger partial charge in [0.05, 0.1) is 22.4 Å². The predicted octanol–water partition coefficient (Wildman–Crippen LogP) is 8.35. The van der Waals surface area contributed by atoms with E-state index in [-0.39, 0.29) is 75.1 Å². The van der Waals surface area contributed by atoms with Crippen LogP contribution in [0.3, 0.4) is 0 Å². The van der Waals surface area contributed by atoms with Crippen molar-refractivity contribution in [2.24, 2.45) is 0 Å². The van der Waals surface area contributed by atoms with Crippen molar-refractivity contribution in [1.29, 1.82) is 0 Å². The van der Waals surface area contributed by atoms with Crippen molar-refractivity contribution < 1.29 is 38.1 Å². The normalized spacial score (nSPS) is 21.5. The zero-order valence-corrected chi connectivity index (χ0v) is 35.7. The first-order valence-electron chi connectivity index (χ1n) is 20.6. The summed E-state index contributed by atoms with van der Waals surface area (Å²) in [6.07, 6.45) is 9.24. The molecule has 8 nitrogen and oxygen atoms in total. The Morgan fingerprint density at radius 2 is 0.934 bits per heavy atom. The number of esters is 2. The van der Waals surface area contributed by atoms with Gasteiger partial charge in [0.2, 0.25) is 0 Å². The largest absolute Gasteiger partial charge is 2.00 e. The molecule has 4 aromatic carbocycles. The molecule has 11 heteroatoms. The number of ether oxygens (including phenoxy) is 2. The summed E-state index contributed by atoms with van der Waals surface area (Å²) in [6, 6.07) is 28.8. The molecule has 2 aromatic heterocycles. The summed E-state index contributed by atoms with van der Waals surface area (Å²) in [6.45, 7) is 0. The van der Waals surface area contributed by atoms with Crippen molar-refractivity contribution in [3.05, 3.63) is 143 Å². The van der Waals surface area contributed by atoms with E-state index in [0.717, 1.165) is 92.3 Å². The number of para-hydroxylation sites is 2. The number of rotatable bonds is 8. The van der Waals surface area contributed by atoms with Crippen LogP contribution in [0.1, 0.15) is 85.7 Å². The van der Waals surface area contributed by atoms with Gasteiger partial charge >= 0.3 is 49.7 Å². The summed E-state index contributed by atoms with van der Waals surface area (Å²) < 4.78 is 37.9. The van der Waals surface area contributed by atoms with Crippen LogP contribution >= 0.6 is 0 Å². The first-order chi connectivity index (χ1) is 29.2. The minimum absolute atomic E-state index is 0. The summed E-state index contributed by atoms with van der Waals surface area (Å²) in [5.74, 6) is -0.703. The molecule has 0 unspecified atom stereocenters. The minimum Gasteiger partial charge on any atom is -0.851 e. The van der Waals surface area contributed by atoms with Crippen LogP contribution in [0.15, 0.2) is 109 Å². The Morgan fingerprint density at radius 3 is 1.30 bits per heavy atom. The van der Waals surface area contributed by atoms with Gasteiger partial charge in [-0.2, -0.15) is 0 Å². The standard InChI is InChI=1S/2C25H21FNO3.Ca/c2*26-17-9-7-15(8-10-17)24-20-3-1-2-4-22(20)27-25(16-5-6-16)21(24)12-11-19-13-18(28)14-23(29)30-19;/h2*1-4,7-12,16,18-19H,5-6,13-14H2;/q2*-1;+2/b2*12-11+;/t2*18-,19-;/m11./s1. The van der Waals surface area contributed by atoms with Gasteiger partial charge in [0, 0.05) is 57.7 Å². The Balaban J connectivity index is 0.000000166. The van der Waals surface area contributed by atoms with E-state index in [4.69, 9.17) is 19.4 Å². The van der Waals surface area contributed by atoms with Crippen LogP contribution in [-0.4, -0.2) is 84.1 Å². The molecule has 0 radical (unpaired) electrons. The molecular formula is C50H42CaF2N2O6. The quantitative estimate of drug-likeness (QED) is 0.111. The molecule has 6 aromatic rings. The van der Waals surface area contributed by atoms with Crippen molar-refractivity contribution in [1.82, 2.24) is 9.97 Å². The van der Waals surface area contributed by atoms with E-state index < -0.39 is 36.4 Å². The molecule has 0 bridgehead atoms. The van der Waals surface area contributed by atoms with Crippen molar-refractivity contribution >= 4 is 83.6 Å². The van der Waals surface area contributed by atoms with E-state index in [1.807, 2.05) is 60.7 Å². The molecule has 4 aliphatic rings. The van der Waals surface area contributed by atoms with E-state index >= 15 is 0 Å². The van der Waals surface area contributed by atoms with Gasteiger partial charge in [-0.25, -0.2) is 8.78 Å². The molecule has 2 saturated carbocycles. The van der Waals surface area contributed by atoms with Crippen molar-refractivity contribution in [2.75, 3.05) is 0 Å². The number of nitrogens with zero attached hydrogens (tertiary/aromatic N) is 2. The third kappa shape index (κ3) is 9.95. The average molecular weight is 845 g/mol. The van der Waals surface area contributed by atoms with Gasteiger partial charge in [-0.3, -0.25) is 19.6 Å². The SMILES string of the molecule is O=C1C[C@H]([O-])C[C@@H](/C=C/c2c(C3CC3)nc3ccccc3c2-c2ccc(F)cc2)O1.O=C1C[C@H]([O-])C[C@@H](/C=C/c2c(C3CC3)nc3ccccc3c2-c2ccc(F)cc2)O1.[Ca+2]. The molecule has 4 atom stereocenters. The van der Waals surface area contributed by atoms with Crippen LogP contribution in [0, 0.1) is 11.6 Å². The fourth-order valence-electron chi connectivity index (χ4n) is 8.25. The Hall–Kier alpha value is -4.84. The molecule has 4 fully saturated rings. The average Bonchev–Trinajstić information content (AvgIpc) is 4.17. The second kappa shape index (κ2) is 18.6. The number of benzene rings is 4. The van der Waals surface area contributed by atoms with Crippen molar-refractivity contribution in [3.63, 3.8) is 0 Å².